The topological polar surface area (TPSA) is 0 Å². The lowest BCUT2D eigenvalue weighted by Gasteiger charge is -2.05. The van der Waals surface area contributed by atoms with Gasteiger partial charge in [0, 0.05) is 24.6 Å². The number of halogens is 1. The smallest absolute Gasteiger partial charge is 0.0361 e. The van der Waals surface area contributed by atoms with E-state index in [2.05, 4.69) is 82.7 Å². The Bertz CT molecular complexity index is 904. The van der Waals surface area contributed by atoms with Crippen LogP contribution in [0.2, 0.25) is 0 Å². The van der Waals surface area contributed by atoms with E-state index in [1.54, 1.807) is 0 Å². The molecule has 1 heterocycles. The third kappa shape index (κ3) is 1.88. The minimum atomic E-state index is 1.11. The molecule has 4 rings (SSSR count). The van der Waals surface area contributed by atoms with Crippen LogP contribution in [0.3, 0.4) is 0 Å². The molecule has 0 fully saturated rings. The van der Waals surface area contributed by atoms with Crippen molar-refractivity contribution >= 4 is 47.4 Å². The van der Waals surface area contributed by atoms with E-state index in [1.165, 1.54) is 31.3 Å². The highest BCUT2D eigenvalue weighted by atomic mass is 79.9. The standard InChI is InChI=1S/C18H11BrS/c19-13-10-8-12(9-11-13)14-5-3-7-17-18(14)15-4-1-2-6-16(15)20-17/h1-11H. The summed E-state index contributed by atoms with van der Waals surface area (Å²) in [7, 11) is 0. The van der Waals surface area contributed by atoms with Crippen LogP contribution in [-0.2, 0) is 0 Å². The summed E-state index contributed by atoms with van der Waals surface area (Å²) in [5, 5.41) is 2.72. The molecule has 96 valence electrons. The molecule has 0 spiro atoms. The summed E-state index contributed by atoms with van der Waals surface area (Å²) in [5.74, 6) is 0. The van der Waals surface area contributed by atoms with Gasteiger partial charge in [0.25, 0.3) is 0 Å². The lowest BCUT2D eigenvalue weighted by Crippen LogP contribution is -1.79. The number of rotatable bonds is 1. The second kappa shape index (κ2) is 4.72. The van der Waals surface area contributed by atoms with Gasteiger partial charge in [0.2, 0.25) is 0 Å². The molecule has 0 aliphatic carbocycles. The van der Waals surface area contributed by atoms with Gasteiger partial charge in [0.05, 0.1) is 0 Å². The summed E-state index contributed by atoms with van der Waals surface area (Å²) in [6.07, 6.45) is 0. The first kappa shape index (κ1) is 12.1. The Labute approximate surface area is 129 Å². The molecule has 0 aliphatic heterocycles. The number of hydrogen-bond acceptors (Lipinski definition) is 1. The van der Waals surface area contributed by atoms with Gasteiger partial charge >= 0.3 is 0 Å². The molecule has 3 aromatic carbocycles. The van der Waals surface area contributed by atoms with E-state index in [0.717, 1.165) is 4.47 Å². The Kier molecular flexibility index (Phi) is 2.86. The molecule has 0 aliphatic rings. The van der Waals surface area contributed by atoms with E-state index in [0.29, 0.717) is 0 Å². The molecular formula is C18H11BrS. The van der Waals surface area contributed by atoms with E-state index in [9.17, 15) is 0 Å². The monoisotopic (exact) mass is 338 g/mol. The fourth-order valence-corrected chi connectivity index (χ4v) is 4.04. The first-order valence-corrected chi connectivity index (χ1v) is 8.10. The van der Waals surface area contributed by atoms with Crippen LogP contribution < -0.4 is 0 Å². The molecule has 0 radical (unpaired) electrons. The Balaban J connectivity index is 2.11. The predicted octanol–water partition coefficient (Wildman–Crippen LogP) is 6.48. The summed E-state index contributed by atoms with van der Waals surface area (Å²) in [5.41, 5.74) is 2.58. The highest BCUT2D eigenvalue weighted by Crippen LogP contribution is 2.39. The molecule has 0 unspecified atom stereocenters. The quantitative estimate of drug-likeness (QED) is 0.372. The molecule has 20 heavy (non-hydrogen) atoms. The summed E-state index contributed by atoms with van der Waals surface area (Å²) in [6, 6.07) is 23.8. The van der Waals surface area contributed by atoms with E-state index in [1.807, 2.05) is 11.3 Å². The Hall–Kier alpha value is -1.64. The third-order valence-corrected chi connectivity index (χ3v) is 5.22. The van der Waals surface area contributed by atoms with E-state index in [-0.39, 0.29) is 0 Å². The molecule has 1 aromatic heterocycles. The van der Waals surface area contributed by atoms with E-state index < -0.39 is 0 Å². The average Bonchev–Trinajstić information content (AvgIpc) is 2.86. The molecule has 0 atom stereocenters. The van der Waals surface area contributed by atoms with Crippen molar-refractivity contribution in [3.8, 4) is 11.1 Å². The zero-order valence-electron chi connectivity index (χ0n) is 10.6. The van der Waals surface area contributed by atoms with Gasteiger partial charge in [-0.25, -0.2) is 0 Å². The molecule has 0 nitrogen and oxygen atoms in total. The minimum absolute atomic E-state index is 1.11. The van der Waals surface area contributed by atoms with Crippen molar-refractivity contribution in [1.82, 2.24) is 0 Å². The maximum absolute atomic E-state index is 3.50. The maximum Gasteiger partial charge on any atom is 0.0361 e. The highest BCUT2D eigenvalue weighted by molar-refractivity contribution is 9.10. The molecule has 0 bridgehead atoms. The molecular weight excluding hydrogens is 328 g/mol. The molecule has 2 heteroatoms. The van der Waals surface area contributed by atoms with Gasteiger partial charge in [0.15, 0.2) is 0 Å². The number of fused-ring (bicyclic) bond motifs is 3. The molecule has 0 amide bonds. The summed E-state index contributed by atoms with van der Waals surface area (Å²) >= 11 is 5.37. The first-order valence-electron chi connectivity index (χ1n) is 6.49. The molecule has 0 N–H and O–H groups in total. The summed E-state index contributed by atoms with van der Waals surface area (Å²) < 4.78 is 3.82. The van der Waals surface area contributed by atoms with Crippen molar-refractivity contribution in [1.29, 1.82) is 0 Å². The van der Waals surface area contributed by atoms with Crippen LogP contribution in [0.4, 0.5) is 0 Å². The van der Waals surface area contributed by atoms with Crippen molar-refractivity contribution in [2.24, 2.45) is 0 Å². The minimum Gasteiger partial charge on any atom is -0.135 e. The van der Waals surface area contributed by atoms with Gasteiger partial charge in [-0.1, -0.05) is 58.4 Å². The molecule has 0 saturated heterocycles. The summed E-state index contributed by atoms with van der Waals surface area (Å²) in [6.45, 7) is 0. The van der Waals surface area contributed by atoms with Crippen LogP contribution >= 0.6 is 27.3 Å². The number of hydrogen-bond donors (Lipinski definition) is 0. The van der Waals surface area contributed by atoms with Gasteiger partial charge < -0.3 is 0 Å². The van der Waals surface area contributed by atoms with Gasteiger partial charge in [-0.2, -0.15) is 0 Å². The van der Waals surface area contributed by atoms with Crippen molar-refractivity contribution < 1.29 is 0 Å². The SMILES string of the molecule is Brc1ccc(-c2cccc3sc4ccccc4c23)cc1. The van der Waals surface area contributed by atoms with Gasteiger partial charge in [-0.15, -0.1) is 11.3 Å². The molecule has 4 aromatic rings. The summed E-state index contributed by atoms with van der Waals surface area (Å²) in [4.78, 5) is 0. The average molecular weight is 339 g/mol. The van der Waals surface area contributed by atoms with E-state index in [4.69, 9.17) is 0 Å². The predicted molar refractivity (Wildman–Crippen MR) is 92.5 cm³/mol. The second-order valence-corrected chi connectivity index (χ2v) is 6.78. The lowest BCUT2D eigenvalue weighted by molar-refractivity contribution is 1.63. The third-order valence-electron chi connectivity index (χ3n) is 3.56. The first-order chi connectivity index (χ1) is 9.83. The van der Waals surface area contributed by atoms with Crippen molar-refractivity contribution in [3.05, 3.63) is 71.2 Å². The van der Waals surface area contributed by atoms with Crippen LogP contribution in [0.1, 0.15) is 0 Å². The number of thiophene rings is 1. The highest BCUT2D eigenvalue weighted by Gasteiger charge is 2.09. The van der Waals surface area contributed by atoms with Gasteiger partial charge in [-0.3, -0.25) is 0 Å². The fraction of sp³-hybridized carbons (Fsp3) is 0. The zero-order valence-corrected chi connectivity index (χ0v) is 13.0. The van der Waals surface area contributed by atoms with Gasteiger partial charge in [-0.05, 0) is 35.4 Å². The normalized spacial score (nSPS) is 11.2. The van der Waals surface area contributed by atoms with Crippen LogP contribution in [0, 0.1) is 0 Å². The maximum atomic E-state index is 3.50. The van der Waals surface area contributed by atoms with Crippen LogP contribution in [0.25, 0.3) is 31.3 Å². The van der Waals surface area contributed by atoms with Crippen LogP contribution in [-0.4, -0.2) is 0 Å². The zero-order chi connectivity index (χ0) is 13.5. The van der Waals surface area contributed by atoms with Crippen LogP contribution in [0.5, 0.6) is 0 Å². The van der Waals surface area contributed by atoms with Crippen molar-refractivity contribution in [2.45, 2.75) is 0 Å². The Morgan fingerprint density at radius 3 is 2.30 bits per heavy atom. The van der Waals surface area contributed by atoms with Gasteiger partial charge in [0.1, 0.15) is 0 Å². The van der Waals surface area contributed by atoms with E-state index >= 15 is 0 Å². The largest absolute Gasteiger partial charge is 0.135 e. The van der Waals surface area contributed by atoms with Crippen LogP contribution in [0.15, 0.2) is 71.2 Å². The van der Waals surface area contributed by atoms with Crippen molar-refractivity contribution in [2.75, 3.05) is 0 Å². The Morgan fingerprint density at radius 1 is 0.700 bits per heavy atom. The van der Waals surface area contributed by atoms with Crippen molar-refractivity contribution in [3.63, 3.8) is 0 Å². The number of benzene rings is 3. The lowest BCUT2D eigenvalue weighted by atomic mass is 10.00. The fourth-order valence-electron chi connectivity index (χ4n) is 2.64. The molecule has 0 saturated carbocycles. The second-order valence-electron chi connectivity index (χ2n) is 4.78. The Morgan fingerprint density at radius 2 is 1.45 bits per heavy atom.